The first-order valence-corrected chi connectivity index (χ1v) is 14.4. The van der Waals surface area contributed by atoms with Crippen molar-refractivity contribution in [3.63, 3.8) is 0 Å². The van der Waals surface area contributed by atoms with Gasteiger partial charge >= 0.3 is 0 Å². The van der Waals surface area contributed by atoms with Crippen LogP contribution in [-0.2, 0) is 10.0 Å². The Morgan fingerprint density at radius 3 is 2.55 bits per heavy atom. The number of nitrogens with one attached hydrogen (secondary N) is 1. The topological polar surface area (TPSA) is 104 Å². The van der Waals surface area contributed by atoms with Crippen LogP contribution in [0.15, 0.2) is 42.7 Å². The predicted molar refractivity (Wildman–Crippen MR) is 144 cm³/mol. The highest BCUT2D eigenvalue weighted by Crippen LogP contribution is 2.42. The SMILES string of the molecule is CC(Oc1ccc2[nH]nc(-c3ccc(N4CC5(C4)CN(S(C)(=O)=O)C5)nc3)c2c1)c1c(Cl)cnc(F)c1Cl. The Morgan fingerprint density at radius 2 is 1.87 bits per heavy atom. The Balaban J connectivity index is 1.18. The third kappa shape index (κ3) is 4.37. The second-order valence-corrected chi connectivity index (χ2v) is 12.7. The molecule has 13 heteroatoms. The summed E-state index contributed by atoms with van der Waals surface area (Å²) in [6.45, 7) is 4.43. The fourth-order valence-electron chi connectivity index (χ4n) is 5.15. The van der Waals surface area contributed by atoms with Gasteiger partial charge in [-0.2, -0.15) is 9.49 Å². The molecule has 198 valence electrons. The van der Waals surface area contributed by atoms with Gasteiger partial charge in [0.15, 0.2) is 0 Å². The number of benzene rings is 1. The number of rotatable bonds is 6. The van der Waals surface area contributed by atoms with E-state index in [1.165, 1.54) is 16.8 Å². The highest BCUT2D eigenvalue weighted by Gasteiger charge is 2.54. The first-order chi connectivity index (χ1) is 18.0. The summed E-state index contributed by atoms with van der Waals surface area (Å²) in [7, 11) is -3.12. The van der Waals surface area contributed by atoms with Crippen LogP contribution in [-0.4, -0.2) is 65.3 Å². The lowest BCUT2D eigenvalue weighted by Crippen LogP contribution is -2.73. The molecule has 2 fully saturated rings. The van der Waals surface area contributed by atoms with Crippen LogP contribution in [0.25, 0.3) is 22.2 Å². The lowest BCUT2D eigenvalue weighted by Gasteiger charge is -2.59. The molecule has 1 spiro atoms. The summed E-state index contributed by atoms with van der Waals surface area (Å²) >= 11 is 12.3. The van der Waals surface area contributed by atoms with Crippen molar-refractivity contribution in [2.45, 2.75) is 13.0 Å². The molecule has 38 heavy (non-hydrogen) atoms. The minimum absolute atomic E-state index is 0.0336. The molecule has 3 aromatic heterocycles. The van der Waals surface area contributed by atoms with Crippen LogP contribution in [0.5, 0.6) is 5.75 Å². The molecule has 1 unspecified atom stereocenters. The molecule has 2 aliphatic heterocycles. The van der Waals surface area contributed by atoms with Crippen molar-refractivity contribution in [2.75, 3.05) is 37.3 Å². The molecule has 4 aromatic rings. The molecule has 0 amide bonds. The van der Waals surface area contributed by atoms with E-state index in [-0.39, 0.29) is 15.5 Å². The fourth-order valence-corrected chi connectivity index (χ4v) is 6.82. The summed E-state index contributed by atoms with van der Waals surface area (Å²) < 4.78 is 44.8. The van der Waals surface area contributed by atoms with Crippen LogP contribution < -0.4 is 9.64 Å². The Kier molecular flexibility index (Phi) is 6.02. The van der Waals surface area contributed by atoms with Crippen LogP contribution in [0.4, 0.5) is 10.2 Å². The third-order valence-corrected chi connectivity index (χ3v) is 8.97. The number of hydrogen-bond donors (Lipinski definition) is 1. The average Bonchev–Trinajstić information content (AvgIpc) is 3.23. The molecular formula is C25H23Cl2FN6O3S. The van der Waals surface area contributed by atoms with E-state index in [1.807, 2.05) is 24.3 Å². The highest BCUT2D eigenvalue weighted by atomic mass is 35.5. The first kappa shape index (κ1) is 25.3. The van der Waals surface area contributed by atoms with Crippen molar-refractivity contribution < 1.29 is 17.5 Å². The van der Waals surface area contributed by atoms with Crippen molar-refractivity contribution in [1.82, 2.24) is 24.5 Å². The molecule has 9 nitrogen and oxygen atoms in total. The molecule has 1 aromatic carbocycles. The van der Waals surface area contributed by atoms with Crippen LogP contribution >= 0.6 is 23.2 Å². The maximum Gasteiger partial charge on any atom is 0.232 e. The molecule has 0 aliphatic carbocycles. The maximum absolute atomic E-state index is 13.9. The molecular weight excluding hydrogens is 554 g/mol. The van der Waals surface area contributed by atoms with E-state index in [2.05, 4.69) is 25.1 Å². The minimum atomic E-state index is -3.12. The smallest absolute Gasteiger partial charge is 0.232 e. The summed E-state index contributed by atoms with van der Waals surface area (Å²) in [6.07, 6.45) is 3.61. The van der Waals surface area contributed by atoms with E-state index in [1.54, 1.807) is 19.2 Å². The second-order valence-electron chi connectivity index (χ2n) is 9.96. The van der Waals surface area contributed by atoms with Crippen molar-refractivity contribution in [1.29, 1.82) is 0 Å². The molecule has 2 aliphatic rings. The summed E-state index contributed by atoms with van der Waals surface area (Å²) in [4.78, 5) is 10.3. The van der Waals surface area contributed by atoms with Crippen LogP contribution in [0.2, 0.25) is 10.0 Å². The predicted octanol–water partition coefficient (Wildman–Crippen LogP) is 4.69. The van der Waals surface area contributed by atoms with Crippen molar-refractivity contribution in [2.24, 2.45) is 5.41 Å². The fraction of sp³-hybridized carbons (Fsp3) is 0.320. The van der Waals surface area contributed by atoms with Gasteiger partial charge < -0.3 is 9.64 Å². The zero-order valence-electron chi connectivity index (χ0n) is 20.5. The number of anilines is 1. The monoisotopic (exact) mass is 576 g/mol. The molecule has 5 heterocycles. The third-order valence-electron chi connectivity index (χ3n) is 7.11. The zero-order chi connectivity index (χ0) is 26.8. The Morgan fingerprint density at radius 1 is 1.11 bits per heavy atom. The van der Waals surface area contributed by atoms with E-state index < -0.39 is 22.1 Å². The summed E-state index contributed by atoms with van der Waals surface area (Å²) in [6, 6.07) is 9.39. The van der Waals surface area contributed by atoms with E-state index in [0.717, 1.165) is 35.4 Å². The van der Waals surface area contributed by atoms with Crippen molar-refractivity contribution >= 4 is 49.9 Å². The molecule has 0 bridgehead atoms. The molecule has 2 saturated heterocycles. The lowest BCUT2D eigenvalue weighted by molar-refractivity contribution is 0.0395. The van der Waals surface area contributed by atoms with Gasteiger partial charge in [-0.15, -0.1) is 0 Å². The molecule has 0 radical (unpaired) electrons. The number of nitrogens with zero attached hydrogens (tertiary/aromatic N) is 5. The summed E-state index contributed by atoms with van der Waals surface area (Å²) in [5.74, 6) is 0.575. The Labute approximate surface area is 228 Å². The number of hydrogen-bond acceptors (Lipinski definition) is 7. The van der Waals surface area contributed by atoms with Gasteiger partial charge in [0.25, 0.3) is 0 Å². The zero-order valence-corrected chi connectivity index (χ0v) is 22.8. The van der Waals surface area contributed by atoms with Crippen molar-refractivity contribution in [3.05, 3.63) is 64.3 Å². The largest absolute Gasteiger partial charge is 0.486 e. The lowest BCUT2D eigenvalue weighted by atomic mass is 9.74. The van der Waals surface area contributed by atoms with Crippen molar-refractivity contribution in [3.8, 4) is 17.0 Å². The number of aromatic nitrogens is 4. The van der Waals surface area contributed by atoms with Crippen LogP contribution in [0.3, 0.4) is 0 Å². The van der Waals surface area contributed by atoms with E-state index >= 15 is 0 Å². The summed E-state index contributed by atoms with van der Waals surface area (Å²) in [5, 5.41) is 8.39. The van der Waals surface area contributed by atoms with Gasteiger partial charge in [-0.25, -0.2) is 22.7 Å². The van der Waals surface area contributed by atoms with E-state index in [4.69, 9.17) is 27.9 Å². The molecule has 1 N–H and O–H groups in total. The van der Waals surface area contributed by atoms with Gasteiger partial charge in [0.2, 0.25) is 16.0 Å². The molecule has 1 atom stereocenters. The second kappa shape index (κ2) is 9.04. The first-order valence-electron chi connectivity index (χ1n) is 11.8. The standard InChI is InChI=1S/C25H23Cl2FN6O3S/c1-14(21-18(26)9-30-24(28)22(21)27)37-16-4-5-19-17(7-16)23(32-31-19)15-3-6-20(29-8-15)33-10-25(11-33)12-34(13-25)38(2,35)36/h3-9,14H,10-13H2,1-2H3,(H,31,32). The average molecular weight is 577 g/mol. The van der Waals surface area contributed by atoms with Crippen LogP contribution in [0, 0.1) is 11.4 Å². The van der Waals surface area contributed by atoms with Gasteiger partial charge in [0, 0.05) is 60.5 Å². The number of fused-ring (bicyclic) bond motifs is 1. The van der Waals surface area contributed by atoms with Gasteiger partial charge in [-0.1, -0.05) is 23.2 Å². The molecule has 6 rings (SSSR count). The number of halogens is 3. The maximum atomic E-state index is 13.9. The normalized spacial score (nSPS) is 17.9. The van der Waals surface area contributed by atoms with Crippen LogP contribution in [0.1, 0.15) is 18.6 Å². The van der Waals surface area contributed by atoms with Gasteiger partial charge in [0.1, 0.15) is 28.4 Å². The minimum Gasteiger partial charge on any atom is -0.486 e. The Hall–Kier alpha value is -2.99. The van der Waals surface area contributed by atoms with Gasteiger partial charge in [0.05, 0.1) is 16.8 Å². The Bertz CT molecular complexity index is 1650. The number of sulfonamides is 1. The quantitative estimate of drug-likeness (QED) is 0.332. The number of pyridine rings is 2. The number of aromatic amines is 1. The van der Waals surface area contributed by atoms with Gasteiger partial charge in [-0.3, -0.25) is 5.10 Å². The summed E-state index contributed by atoms with van der Waals surface area (Å²) in [5.41, 5.74) is 2.72. The highest BCUT2D eigenvalue weighted by molar-refractivity contribution is 7.88. The molecule has 0 saturated carbocycles. The van der Waals surface area contributed by atoms with E-state index in [0.29, 0.717) is 30.1 Å². The number of H-pyrrole nitrogens is 1. The van der Waals surface area contributed by atoms with E-state index in [9.17, 15) is 12.8 Å². The number of ether oxygens (including phenoxy) is 1. The van der Waals surface area contributed by atoms with Gasteiger partial charge in [-0.05, 0) is 37.3 Å².